The van der Waals surface area contributed by atoms with Crippen LogP contribution in [0.5, 0.6) is 0 Å². The third kappa shape index (κ3) is 5.06. The normalized spacial score (nSPS) is 10.5. The maximum Gasteiger partial charge on any atom is 0.219 e. The summed E-state index contributed by atoms with van der Waals surface area (Å²) in [6, 6.07) is 14.3. The fourth-order valence-electron chi connectivity index (χ4n) is 2.49. The molecule has 1 radical (unpaired) electrons. The highest BCUT2D eigenvalue weighted by molar-refractivity contribution is 9.10. The predicted molar refractivity (Wildman–Crippen MR) is 99.8 cm³/mol. The van der Waals surface area contributed by atoms with Crippen molar-refractivity contribution in [2.24, 2.45) is 0 Å². The van der Waals surface area contributed by atoms with Crippen LogP contribution in [0, 0.1) is 12.2 Å². The molecule has 0 N–H and O–H groups in total. The van der Waals surface area contributed by atoms with Gasteiger partial charge in [0, 0.05) is 42.4 Å². The molecular weight excluding hydrogens is 371 g/mol. The van der Waals surface area contributed by atoms with Gasteiger partial charge < -0.3 is 9.80 Å². The SMILES string of the molecule is C[CH]CN(CCN(c1ccc(F)cc1)c1cccc(Br)c1)C(C)=O. The van der Waals surface area contributed by atoms with E-state index in [2.05, 4.69) is 20.8 Å². The van der Waals surface area contributed by atoms with E-state index in [0.29, 0.717) is 19.6 Å². The lowest BCUT2D eigenvalue weighted by Gasteiger charge is -2.29. The van der Waals surface area contributed by atoms with E-state index >= 15 is 0 Å². The van der Waals surface area contributed by atoms with Gasteiger partial charge in [0.25, 0.3) is 0 Å². The lowest BCUT2D eigenvalue weighted by atomic mass is 10.2. The third-order valence-corrected chi connectivity index (χ3v) is 4.19. The molecule has 1 amide bonds. The molecule has 0 unspecified atom stereocenters. The molecule has 5 heteroatoms. The van der Waals surface area contributed by atoms with Crippen molar-refractivity contribution in [3.63, 3.8) is 0 Å². The molecule has 3 nitrogen and oxygen atoms in total. The van der Waals surface area contributed by atoms with Crippen LogP contribution >= 0.6 is 15.9 Å². The van der Waals surface area contributed by atoms with Crippen molar-refractivity contribution >= 4 is 33.2 Å². The lowest BCUT2D eigenvalue weighted by Crippen LogP contribution is -2.36. The van der Waals surface area contributed by atoms with Crippen LogP contribution in [0.15, 0.2) is 53.0 Å². The average molecular weight is 392 g/mol. The van der Waals surface area contributed by atoms with E-state index in [4.69, 9.17) is 0 Å². The van der Waals surface area contributed by atoms with Gasteiger partial charge in [0.1, 0.15) is 5.82 Å². The first kappa shape index (κ1) is 18.5. The van der Waals surface area contributed by atoms with E-state index in [1.165, 1.54) is 12.1 Å². The minimum atomic E-state index is -0.265. The minimum absolute atomic E-state index is 0.0430. The van der Waals surface area contributed by atoms with Crippen LogP contribution < -0.4 is 4.90 Å². The summed E-state index contributed by atoms with van der Waals surface area (Å²) < 4.78 is 14.2. The number of amides is 1. The standard InChI is InChI=1S/C19H21BrFN2O/c1-3-11-22(15(2)24)12-13-23(18-9-7-17(21)8-10-18)19-6-4-5-16(20)14-19/h3-10,14H,11-13H2,1-2H3. The van der Waals surface area contributed by atoms with Gasteiger partial charge in [-0.2, -0.15) is 0 Å². The Bertz CT molecular complexity index is 675. The Morgan fingerprint density at radius 3 is 2.42 bits per heavy atom. The highest BCUT2D eigenvalue weighted by Crippen LogP contribution is 2.27. The van der Waals surface area contributed by atoms with Crippen LogP contribution in [0.2, 0.25) is 0 Å². The van der Waals surface area contributed by atoms with Gasteiger partial charge in [-0.15, -0.1) is 0 Å². The van der Waals surface area contributed by atoms with Crippen molar-refractivity contribution < 1.29 is 9.18 Å². The molecule has 0 aliphatic carbocycles. The number of benzene rings is 2. The zero-order valence-electron chi connectivity index (χ0n) is 13.9. The summed E-state index contributed by atoms with van der Waals surface area (Å²) in [6.45, 7) is 5.33. The first-order valence-corrected chi connectivity index (χ1v) is 8.62. The zero-order valence-corrected chi connectivity index (χ0v) is 15.5. The number of carbonyl (C=O) groups excluding carboxylic acids is 1. The van der Waals surface area contributed by atoms with Crippen LogP contribution in [0.4, 0.5) is 15.8 Å². The second kappa shape index (κ2) is 8.83. The number of rotatable bonds is 7. The van der Waals surface area contributed by atoms with Crippen molar-refractivity contribution in [3.05, 3.63) is 65.2 Å². The van der Waals surface area contributed by atoms with Crippen LogP contribution in [0.25, 0.3) is 0 Å². The summed E-state index contributed by atoms with van der Waals surface area (Å²) in [6.07, 6.45) is 1.96. The topological polar surface area (TPSA) is 23.6 Å². The molecule has 0 aromatic heterocycles. The molecule has 0 saturated carbocycles. The van der Waals surface area contributed by atoms with E-state index in [0.717, 1.165) is 15.8 Å². The largest absolute Gasteiger partial charge is 0.341 e. The molecule has 0 fully saturated rings. The van der Waals surface area contributed by atoms with Gasteiger partial charge in [0.15, 0.2) is 0 Å². The summed E-state index contributed by atoms with van der Waals surface area (Å²) in [4.78, 5) is 15.6. The lowest BCUT2D eigenvalue weighted by molar-refractivity contribution is -0.128. The molecule has 0 aliphatic heterocycles. The van der Waals surface area contributed by atoms with Gasteiger partial charge in [-0.25, -0.2) is 4.39 Å². The molecule has 24 heavy (non-hydrogen) atoms. The zero-order chi connectivity index (χ0) is 17.5. The first-order valence-electron chi connectivity index (χ1n) is 7.83. The second-order valence-electron chi connectivity index (χ2n) is 5.48. The van der Waals surface area contributed by atoms with Crippen molar-refractivity contribution in [1.29, 1.82) is 0 Å². The molecule has 0 atom stereocenters. The number of carbonyl (C=O) groups is 1. The van der Waals surface area contributed by atoms with Gasteiger partial charge in [-0.1, -0.05) is 28.9 Å². The summed E-state index contributed by atoms with van der Waals surface area (Å²) in [7, 11) is 0. The smallest absolute Gasteiger partial charge is 0.219 e. The Labute approximate surface area is 151 Å². The first-order chi connectivity index (χ1) is 11.5. The second-order valence-corrected chi connectivity index (χ2v) is 6.40. The van der Waals surface area contributed by atoms with Gasteiger partial charge in [-0.05, 0) is 48.9 Å². The highest BCUT2D eigenvalue weighted by Gasteiger charge is 2.14. The molecule has 0 spiro atoms. The van der Waals surface area contributed by atoms with E-state index in [-0.39, 0.29) is 11.7 Å². The number of anilines is 2. The Hall–Kier alpha value is -1.88. The van der Waals surface area contributed by atoms with Crippen LogP contribution in [-0.2, 0) is 4.79 Å². The number of halogens is 2. The number of hydrogen-bond acceptors (Lipinski definition) is 2. The Morgan fingerprint density at radius 2 is 1.83 bits per heavy atom. The van der Waals surface area contributed by atoms with Crippen LogP contribution in [0.1, 0.15) is 13.8 Å². The summed E-state index contributed by atoms with van der Waals surface area (Å²) in [5.41, 5.74) is 1.87. The molecule has 0 bridgehead atoms. The third-order valence-electron chi connectivity index (χ3n) is 3.70. The Kier molecular flexibility index (Phi) is 6.79. The van der Waals surface area contributed by atoms with Gasteiger partial charge in [0.05, 0.1) is 0 Å². The molecular formula is C19H21BrFN2O. The number of nitrogens with zero attached hydrogens (tertiary/aromatic N) is 2. The predicted octanol–water partition coefficient (Wildman–Crippen LogP) is 4.80. The van der Waals surface area contributed by atoms with E-state index in [1.54, 1.807) is 24.0 Å². The maximum absolute atomic E-state index is 13.3. The Balaban J connectivity index is 2.26. The summed E-state index contributed by atoms with van der Waals surface area (Å²) >= 11 is 3.49. The molecule has 2 rings (SSSR count). The van der Waals surface area contributed by atoms with E-state index in [1.807, 2.05) is 37.6 Å². The molecule has 2 aromatic carbocycles. The van der Waals surface area contributed by atoms with Crippen molar-refractivity contribution in [2.75, 3.05) is 24.5 Å². The van der Waals surface area contributed by atoms with Crippen molar-refractivity contribution in [3.8, 4) is 0 Å². The summed E-state index contributed by atoms with van der Waals surface area (Å²) in [5.74, 6) is -0.222. The van der Waals surface area contributed by atoms with Crippen molar-refractivity contribution in [2.45, 2.75) is 13.8 Å². The minimum Gasteiger partial charge on any atom is -0.341 e. The molecule has 2 aromatic rings. The molecule has 0 saturated heterocycles. The molecule has 0 aliphatic rings. The van der Waals surface area contributed by atoms with E-state index in [9.17, 15) is 9.18 Å². The molecule has 127 valence electrons. The van der Waals surface area contributed by atoms with Gasteiger partial charge in [0.2, 0.25) is 5.91 Å². The Morgan fingerprint density at radius 1 is 1.12 bits per heavy atom. The van der Waals surface area contributed by atoms with E-state index < -0.39 is 0 Å². The monoisotopic (exact) mass is 391 g/mol. The highest BCUT2D eigenvalue weighted by atomic mass is 79.9. The fourth-order valence-corrected chi connectivity index (χ4v) is 2.88. The van der Waals surface area contributed by atoms with Gasteiger partial charge in [-0.3, -0.25) is 4.79 Å². The quantitative estimate of drug-likeness (QED) is 0.676. The summed E-state index contributed by atoms with van der Waals surface area (Å²) in [5, 5.41) is 0. The number of hydrogen-bond donors (Lipinski definition) is 0. The van der Waals surface area contributed by atoms with Gasteiger partial charge >= 0.3 is 0 Å². The van der Waals surface area contributed by atoms with Crippen LogP contribution in [-0.4, -0.2) is 30.4 Å². The fraction of sp³-hybridized carbons (Fsp3) is 0.263. The average Bonchev–Trinajstić information content (AvgIpc) is 2.55. The molecule has 0 heterocycles. The van der Waals surface area contributed by atoms with Crippen molar-refractivity contribution in [1.82, 2.24) is 4.90 Å². The van der Waals surface area contributed by atoms with Crippen LogP contribution in [0.3, 0.4) is 0 Å². The maximum atomic E-state index is 13.3.